The average molecular weight is 431 g/mol. The smallest absolute Gasteiger partial charge is 0.341 e. The van der Waals surface area contributed by atoms with E-state index >= 15 is 0 Å². The number of nitrogens with one attached hydrogen (secondary N) is 1. The van der Waals surface area contributed by atoms with Gasteiger partial charge in [0.1, 0.15) is 11.3 Å². The summed E-state index contributed by atoms with van der Waals surface area (Å²) < 4.78 is 33.9. The van der Waals surface area contributed by atoms with Gasteiger partial charge in [0, 0.05) is 44.3 Å². The standard InChI is InChI=1S/C19H21N5O5S/c1-22-6-8-24(9-7-22)30(27,28)14-5-3-4-13(10-14)23-11-15-17(20-21-18(15)25)16(12-23)19(26)29-2/h3-5,10-12H,6-9H2,1-2H3,(H,21,25). The van der Waals surface area contributed by atoms with Crippen LogP contribution in [-0.2, 0) is 14.8 Å². The lowest BCUT2D eigenvalue weighted by atomic mass is 10.1. The molecule has 10 nitrogen and oxygen atoms in total. The number of fused-ring (bicyclic) bond motifs is 1. The second kappa shape index (κ2) is 7.67. The first-order chi connectivity index (χ1) is 14.3. The van der Waals surface area contributed by atoms with E-state index in [4.69, 9.17) is 4.74 Å². The number of hydrogen-bond donors (Lipinski definition) is 1. The van der Waals surface area contributed by atoms with Gasteiger partial charge in [-0.3, -0.25) is 4.79 Å². The van der Waals surface area contributed by atoms with Crippen LogP contribution in [0.3, 0.4) is 0 Å². The van der Waals surface area contributed by atoms with Gasteiger partial charge in [-0.1, -0.05) is 6.07 Å². The number of aromatic amines is 1. The summed E-state index contributed by atoms with van der Waals surface area (Å²) in [5, 5.41) is 6.21. The highest BCUT2D eigenvalue weighted by Gasteiger charge is 2.28. The molecule has 0 aromatic heterocycles. The Bertz CT molecular complexity index is 1220. The van der Waals surface area contributed by atoms with Crippen LogP contribution in [0.15, 0.2) is 46.3 Å². The molecule has 0 amide bonds. The van der Waals surface area contributed by atoms with E-state index in [2.05, 4.69) is 15.1 Å². The minimum Gasteiger partial charge on any atom is -0.465 e. The summed E-state index contributed by atoms with van der Waals surface area (Å²) in [6.07, 6.45) is 2.98. The summed E-state index contributed by atoms with van der Waals surface area (Å²) in [6.45, 7) is 2.17. The van der Waals surface area contributed by atoms with E-state index in [0.717, 1.165) is 0 Å². The van der Waals surface area contributed by atoms with Crippen LogP contribution in [0.2, 0.25) is 0 Å². The molecule has 1 saturated heterocycles. The minimum absolute atomic E-state index is 0.0978. The minimum atomic E-state index is -3.67. The summed E-state index contributed by atoms with van der Waals surface area (Å²) >= 11 is 0. The van der Waals surface area contributed by atoms with Crippen molar-refractivity contribution in [1.82, 2.24) is 24.0 Å². The second-order valence-electron chi connectivity index (χ2n) is 7.09. The maximum Gasteiger partial charge on any atom is 0.341 e. The lowest BCUT2D eigenvalue weighted by molar-refractivity contribution is 0.0600. The maximum atomic E-state index is 13.1. The summed E-state index contributed by atoms with van der Waals surface area (Å²) in [6, 6.07) is 6.38. The predicted octanol–water partition coefficient (Wildman–Crippen LogP) is 0.388. The van der Waals surface area contributed by atoms with Gasteiger partial charge in [-0.25, -0.2) is 18.3 Å². The van der Waals surface area contributed by atoms with Gasteiger partial charge in [0.05, 0.1) is 17.6 Å². The maximum absolute atomic E-state index is 13.1. The molecule has 4 rings (SSSR count). The highest BCUT2D eigenvalue weighted by atomic mass is 32.2. The van der Waals surface area contributed by atoms with Gasteiger partial charge in [0.2, 0.25) is 10.0 Å². The van der Waals surface area contributed by atoms with Crippen LogP contribution in [0.1, 0.15) is 10.4 Å². The molecular weight excluding hydrogens is 410 g/mol. The second-order valence-corrected chi connectivity index (χ2v) is 9.03. The summed E-state index contributed by atoms with van der Waals surface area (Å²) in [7, 11) is -0.475. The van der Waals surface area contributed by atoms with Gasteiger partial charge in [0.25, 0.3) is 5.56 Å². The van der Waals surface area contributed by atoms with Crippen LogP contribution in [0.5, 0.6) is 0 Å². The molecule has 3 aliphatic heterocycles. The monoisotopic (exact) mass is 431 g/mol. The van der Waals surface area contributed by atoms with Crippen LogP contribution in [-0.4, -0.2) is 78.7 Å². The predicted molar refractivity (Wildman–Crippen MR) is 108 cm³/mol. The van der Waals surface area contributed by atoms with Crippen molar-refractivity contribution in [2.45, 2.75) is 4.90 Å². The zero-order valence-electron chi connectivity index (χ0n) is 16.5. The fourth-order valence-electron chi connectivity index (χ4n) is 3.43. The number of carbonyl (C=O) groups is 1. The number of nitrogens with zero attached hydrogens (tertiary/aromatic N) is 4. The van der Waals surface area contributed by atoms with Gasteiger partial charge >= 0.3 is 5.97 Å². The van der Waals surface area contributed by atoms with Crippen LogP contribution in [0, 0.1) is 0 Å². The van der Waals surface area contributed by atoms with E-state index in [0.29, 0.717) is 31.9 Å². The van der Waals surface area contributed by atoms with E-state index < -0.39 is 21.6 Å². The Morgan fingerprint density at radius 3 is 2.60 bits per heavy atom. The number of sulfonamides is 1. The lowest BCUT2D eigenvalue weighted by Gasteiger charge is -2.31. The number of likely N-dealkylation sites (N-methyl/N-ethyl adjacent to an activating group) is 1. The van der Waals surface area contributed by atoms with Gasteiger partial charge in [-0.05, 0) is 25.2 Å². The van der Waals surface area contributed by atoms with E-state index in [1.54, 1.807) is 12.1 Å². The van der Waals surface area contributed by atoms with Crippen molar-refractivity contribution in [3.63, 3.8) is 0 Å². The first-order valence-electron chi connectivity index (χ1n) is 9.29. The van der Waals surface area contributed by atoms with Crippen molar-refractivity contribution in [3.05, 3.63) is 52.6 Å². The van der Waals surface area contributed by atoms with Crippen LogP contribution >= 0.6 is 0 Å². The number of methoxy groups -OCH3 is 1. The molecule has 30 heavy (non-hydrogen) atoms. The zero-order valence-corrected chi connectivity index (χ0v) is 17.3. The van der Waals surface area contributed by atoms with Gasteiger partial charge in [-0.2, -0.15) is 9.40 Å². The summed E-state index contributed by atoms with van der Waals surface area (Å²) in [5.41, 5.74) is 0.527. The topological polar surface area (TPSA) is 118 Å². The van der Waals surface area contributed by atoms with Crippen molar-refractivity contribution in [3.8, 4) is 16.9 Å². The number of benzene rings is 1. The summed E-state index contributed by atoms with van der Waals surface area (Å²) in [4.78, 5) is 26.5. The van der Waals surface area contributed by atoms with Crippen molar-refractivity contribution >= 4 is 16.0 Å². The van der Waals surface area contributed by atoms with Crippen molar-refractivity contribution in [2.24, 2.45) is 0 Å². The van der Waals surface area contributed by atoms with Crippen molar-refractivity contribution < 1.29 is 17.9 Å². The van der Waals surface area contributed by atoms with E-state index in [1.807, 2.05) is 7.05 Å². The molecule has 158 valence electrons. The molecule has 3 heterocycles. The molecular formula is C19H21N5O5S. The Morgan fingerprint density at radius 1 is 1.17 bits per heavy atom. The largest absolute Gasteiger partial charge is 0.465 e. The number of hydrogen-bond acceptors (Lipinski definition) is 7. The van der Waals surface area contributed by atoms with Crippen LogP contribution in [0.4, 0.5) is 0 Å². The molecule has 0 bridgehead atoms. The average Bonchev–Trinajstić information content (AvgIpc) is 3.13. The normalized spacial score (nSPS) is 16.1. The Labute approximate surface area is 173 Å². The number of pyridine rings is 1. The molecule has 3 aliphatic rings. The van der Waals surface area contributed by atoms with Crippen molar-refractivity contribution in [2.75, 3.05) is 40.3 Å². The third kappa shape index (κ3) is 3.51. The molecule has 1 fully saturated rings. The zero-order chi connectivity index (χ0) is 21.5. The molecule has 0 unspecified atom stereocenters. The highest BCUT2D eigenvalue weighted by molar-refractivity contribution is 7.89. The SMILES string of the molecule is COC(=O)c1cn(-c2cccc(S(=O)(=O)N3CCN(C)CC3)c2)cc2c(=O)[nH]nc1-2. The molecule has 0 aliphatic carbocycles. The number of esters is 1. The Morgan fingerprint density at radius 2 is 1.90 bits per heavy atom. The quantitative estimate of drug-likeness (QED) is 0.594. The molecule has 0 radical (unpaired) electrons. The van der Waals surface area contributed by atoms with Crippen LogP contribution in [0.25, 0.3) is 16.9 Å². The number of piperazine rings is 1. The molecule has 1 N–H and O–H groups in total. The third-order valence-electron chi connectivity index (χ3n) is 5.18. The van der Waals surface area contributed by atoms with E-state index in [1.165, 1.54) is 40.5 Å². The fourth-order valence-corrected chi connectivity index (χ4v) is 4.89. The fraction of sp³-hybridized carbons (Fsp3) is 0.316. The highest BCUT2D eigenvalue weighted by Crippen LogP contribution is 2.25. The van der Waals surface area contributed by atoms with Crippen LogP contribution < -0.4 is 5.56 Å². The molecule has 0 atom stereocenters. The summed E-state index contributed by atoms with van der Waals surface area (Å²) in [5.74, 6) is -0.651. The van der Waals surface area contributed by atoms with E-state index in [-0.39, 0.29) is 21.7 Å². The number of ether oxygens (including phenoxy) is 1. The van der Waals surface area contributed by atoms with Gasteiger partial charge < -0.3 is 14.2 Å². The molecule has 1 aromatic carbocycles. The molecule has 0 saturated carbocycles. The van der Waals surface area contributed by atoms with Gasteiger partial charge in [0.15, 0.2) is 0 Å². The Kier molecular flexibility index (Phi) is 5.18. The first kappa shape index (κ1) is 20.3. The number of aromatic nitrogens is 3. The first-order valence-corrected chi connectivity index (χ1v) is 10.7. The van der Waals surface area contributed by atoms with Gasteiger partial charge in [-0.15, -0.1) is 0 Å². The third-order valence-corrected chi connectivity index (χ3v) is 7.08. The molecule has 11 heteroatoms. The lowest BCUT2D eigenvalue weighted by Crippen LogP contribution is -2.47. The number of carbonyl (C=O) groups excluding carboxylic acids is 1. The number of rotatable bonds is 4. The number of H-pyrrole nitrogens is 1. The molecule has 0 spiro atoms. The molecule has 1 aromatic rings. The van der Waals surface area contributed by atoms with E-state index in [9.17, 15) is 18.0 Å². The Balaban J connectivity index is 1.78. The Hall–Kier alpha value is -3.02. The van der Waals surface area contributed by atoms with Crippen molar-refractivity contribution in [1.29, 1.82) is 0 Å².